The molecule has 0 fully saturated rings. The first-order valence-electron chi connectivity index (χ1n) is 7.39. The lowest BCUT2D eigenvalue weighted by Gasteiger charge is -2.08. The Morgan fingerprint density at radius 2 is 1.74 bits per heavy atom. The lowest BCUT2D eigenvalue weighted by atomic mass is 10.2. The van der Waals surface area contributed by atoms with Gasteiger partial charge in [0.15, 0.2) is 0 Å². The molecule has 0 heterocycles. The minimum absolute atomic E-state index is 0.0215. The summed E-state index contributed by atoms with van der Waals surface area (Å²) in [4.78, 5) is 23.2. The summed E-state index contributed by atoms with van der Waals surface area (Å²) in [6.07, 6.45) is 2.02. The average Bonchev–Trinajstić information content (AvgIpc) is 2.56. The third-order valence-electron chi connectivity index (χ3n) is 3.18. The van der Waals surface area contributed by atoms with Crippen molar-refractivity contribution in [2.75, 3.05) is 6.61 Å². The third-order valence-corrected chi connectivity index (χ3v) is 3.18. The summed E-state index contributed by atoms with van der Waals surface area (Å²) in [5, 5.41) is 9.08. The Bertz CT molecular complexity index is 676. The van der Waals surface area contributed by atoms with Gasteiger partial charge in [0.2, 0.25) is 0 Å². The van der Waals surface area contributed by atoms with Crippen LogP contribution in [0.4, 0.5) is 0 Å². The van der Waals surface area contributed by atoms with Gasteiger partial charge in [0.25, 0.3) is 0 Å². The van der Waals surface area contributed by atoms with Crippen LogP contribution >= 0.6 is 0 Å². The molecule has 2 rings (SSSR count). The maximum absolute atomic E-state index is 12.1. The van der Waals surface area contributed by atoms with E-state index in [9.17, 15) is 9.59 Å². The fourth-order valence-corrected chi connectivity index (χ4v) is 1.91. The number of esters is 1. The molecular weight excluding hydrogens is 296 g/mol. The zero-order valence-corrected chi connectivity index (χ0v) is 12.8. The molecule has 0 unspecified atom stereocenters. The summed E-state index contributed by atoms with van der Waals surface area (Å²) in [6, 6.07) is 12.6. The van der Waals surface area contributed by atoms with Crippen molar-refractivity contribution >= 4 is 11.9 Å². The van der Waals surface area contributed by atoms with E-state index in [1.165, 1.54) is 12.1 Å². The van der Waals surface area contributed by atoms with Crippen LogP contribution in [0, 0.1) is 0 Å². The van der Waals surface area contributed by atoms with E-state index in [4.69, 9.17) is 14.6 Å². The van der Waals surface area contributed by atoms with Gasteiger partial charge in [-0.1, -0.05) is 25.5 Å². The van der Waals surface area contributed by atoms with Gasteiger partial charge in [-0.25, -0.2) is 9.59 Å². The Balaban J connectivity index is 2.05. The molecule has 2 aromatic rings. The highest BCUT2D eigenvalue weighted by atomic mass is 16.5. The van der Waals surface area contributed by atoms with E-state index >= 15 is 0 Å². The number of hydrogen-bond donors (Lipinski definition) is 1. The number of ether oxygens (including phenoxy) is 2. The molecule has 5 nitrogen and oxygen atoms in total. The first-order chi connectivity index (χ1) is 11.1. The molecule has 0 saturated carbocycles. The normalized spacial score (nSPS) is 10.1. The van der Waals surface area contributed by atoms with Gasteiger partial charge < -0.3 is 14.6 Å². The van der Waals surface area contributed by atoms with E-state index < -0.39 is 11.9 Å². The van der Waals surface area contributed by atoms with E-state index in [1.807, 2.05) is 0 Å². The monoisotopic (exact) mass is 314 g/mol. The van der Waals surface area contributed by atoms with Crippen LogP contribution in [-0.4, -0.2) is 23.7 Å². The van der Waals surface area contributed by atoms with Gasteiger partial charge in [0, 0.05) is 0 Å². The molecule has 0 radical (unpaired) electrons. The predicted molar refractivity (Wildman–Crippen MR) is 85.2 cm³/mol. The molecule has 0 spiro atoms. The maximum atomic E-state index is 12.1. The highest BCUT2D eigenvalue weighted by molar-refractivity contribution is 5.95. The number of unbranched alkanes of at least 4 members (excludes halogenated alkanes) is 1. The van der Waals surface area contributed by atoms with Gasteiger partial charge in [0.1, 0.15) is 17.1 Å². The quantitative estimate of drug-likeness (QED) is 0.478. The molecule has 0 saturated heterocycles. The lowest BCUT2D eigenvalue weighted by molar-refractivity contribution is 0.0681. The summed E-state index contributed by atoms with van der Waals surface area (Å²) in [7, 11) is 0. The molecule has 0 bridgehead atoms. The van der Waals surface area contributed by atoms with Crippen molar-refractivity contribution in [3.05, 3.63) is 59.7 Å². The van der Waals surface area contributed by atoms with Crippen LogP contribution in [0.2, 0.25) is 0 Å². The Hall–Kier alpha value is -2.82. The number of aromatic carboxylic acids is 1. The van der Waals surface area contributed by atoms with Crippen molar-refractivity contribution in [3.63, 3.8) is 0 Å². The van der Waals surface area contributed by atoms with Crippen LogP contribution in [0.3, 0.4) is 0 Å². The van der Waals surface area contributed by atoms with E-state index in [0.29, 0.717) is 17.9 Å². The van der Waals surface area contributed by atoms with E-state index in [2.05, 4.69) is 6.92 Å². The van der Waals surface area contributed by atoms with Gasteiger partial charge >= 0.3 is 11.9 Å². The standard InChI is InChI=1S/C18H18O5/c1-2-3-12-22-14-10-8-13(9-11-14)18(21)23-16-7-5-4-6-15(16)17(19)20/h4-11H,2-3,12H2,1H3,(H,19,20). The molecule has 0 amide bonds. The summed E-state index contributed by atoms with van der Waals surface area (Å²) >= 11 is 0. The minimum atomic E-state index is -1.15. The molecule has 0 aliphatic heterocycles. The van der Waals surface area contributed by atoms with Gasteiger partial charge in [-0.3, -0.25) is 0 Å². The predicted octanol–water partition coefficient (Wildman–Crippen LogP) is 3.78. The SMILES string of the molecule is CCCCOc1ccc(C(=O)Oc2ccccc2C(=O)O)cc1. The fourth-order valence-electron chi connectivity index (χ4n) is 1.91. The van der Waals surface area contributed by atoms with Crippen LogP contribution in [0.1, 0.15) is 40.5 Å². The molecule has 1 N–H and O–H groups in total. The molecule has 5 heteroatoms. The van der Waals surface area contributed by atoms with Crippen molar-refractivity contribution in [2.45, 2.75) is 19.8 Å². The topological polar surface area (TPSA) is 72.8 Å². The fraction of sp³-hybridized carbons (Fsp3) is 0.222. The maximum Gasteiger partial charge on any atom is 0.343 e. The van der Waals surface area contributed by atoms with Gasteiger partial charge in [-0.05, 0) is 42.8 Å². The van der Waals surface area contributed by atoms with Crippen LogP contribution in [0.5, 0.6) is 11.5 Å². The largest absolute Gasteiger partial charge is 0.494 e. The number of hydrogen-bond acceptors (Lipinski definition) is 4. The number of carboxylic acid groups (broad SMARTS) is 1. The number of carboxylic acids is 1. The van der Waals surface area contributed by atoms with Crippen molar-refractivity contribution in [1.29, 1.82) is 0 Å². The number of para-hydroxylation sites is 1. The number of carbonyl (C=O) groups excluding carboxylic acids is 1. The summed E-state index contributed by atoms with van der Waals surface area (Å²) in [5.74, 6) is -1.05. The summed E-state index contributed by atoms with van der Waals surface area (Å²) in [5.41, 5.74) is 0.272. The third kappa shape index (κ3) is 4.57. The molecule has 0 aliphatic rings. The van der Waals surface area contributed by atoms with Gasteiger partial charge in [-0.2, -0.15) is 0 Å². The van der Waals surface area contributed by atoms with E-state index in [1.54, 1.807) is 36.4 Å². The van der Waals surface area contributed by atoms with Crippen LogP contribution in [0.15, 0.2) is 48.5 Å². The summed E-state index contributed by atoms with van der Waals surface area (Å²) in [6.45, 7) is 2.71. The highest BCUT2D eigenvalue weighted by Crippen LogP contribution is 2.20. The van der Waals surface area contributed by atoms with E-state index in [0.717, 1.165) is 12.8 Å². The average molecular weight is 314 g/mol. The second-order valence-corrected chi connectivity index (χ2v) is 4.92. The lowest BCUT2D eigenvalue weighted by Crippen LogP contribution is -2.11. The van der Waals surface area contributed by atoms with Gasteiger partial charge in [-0.15, -0.1) is 0 Å². The molecular formula is C18H18O5. The van der Waals surface area contributed by atoms with Crippen LogP contribution < -0.4 is 9.47 Å². The Kier molecular flexibility index (Phi) is 5.74. The number of rotatable bonds is 7. The Morgan fingerprint density at radius 3 is 2.39 bits per heavy atom. The first kappa shape index (κ1) is 16.5. The van der Waals surface area contributed by atoms with Crippen LogP contribution in [0.25, 0.3) is 0 Å². The Labute approximate surface area is 134 Å². The molecule has 23 heavy (non-hydrogen) atoms. The molecule has 0 aromatic heterocycles. The molecule has 2 aromatic carbocycles. The molecule has 0 atom stereocenters. The first-order valence-corrected chi connectivity index (χ1v) is 7.39. The Morgan fingerprint density at radius 1 is 1.04 bits per heavy atom. The van der Waals surface area contributed by atoms with E-state index in [-0.39, 0.29) is 11.3 Å². The highest BCUT2D eigenvalue weighted by Gasteiger charge is 2.15. The van der Waals surface area contributed by atoms with Crippen molar-refractivity contribution in [1.82, 2.24) is 0 Å². The van der Waals surface area contributed by atoms with Crippen molar-refractivity contribution in [2.24, 2.45) is 0 Å². The minimum Gasteiger partial charge on any atom is -0.494 e. The smallest absolute Gasteiger partial charge is 0.343 e. The second kappa shape index (κ2) is 7.98. The van der Waals surface area contributed by atoms with Crippen LogP contribution in [-0.2, 0) is 0 Å². The summed E-state index contributed by atoms with van der Waals surface area (Å²) < 4.78 is 10.7. The zero-order chi connectivity index (χ0) is 16.7. The zero-order valence-electron chi connectivity index (χ0n) is 12.8. The second-order valence-electron chi connectivity index (χ2n) is 4.92. The van der Waals surface area contributed by atoms with Crippen molar-refractivity contribution < 1.29 is 24.2 Å². The number of carbonyl (C=O) groups is 2. The van der Waals surface area contributed by atoms with Crippen molar-refractivity contribution in [3.8, 4) is 11.5 Å². The molecule has 0 aliphatic carbocycles. The molecule has 120 valence electrons. The number of benzene rings is 2. The van der Waals surface area contributed by atoms with Gasteiger partial charge in [0.05, 0.1) is 12.2 Å².